The standard InChI is InChI=1S/C25H28N4O/c1-19-24(17-29-14-5-4-9-21(29)12-15-28-16-13-26-18-28)27-25(30-19)23-11-6-8-20-7-2-3-10-22(20)23/h2-3,6-8,10-11,13,16,18,21H,4-5,9,12,14-15,17H2,1H3. The van der Waals surface area contributed by atoms with E-state index in [4.69, 9.17) is 9.40 Å². The number of aryl methyl sites for hydroxylation is 2. The lowest BCUT2D eigenvalue weighted by Crippen LogP contribution is -2.39. The molecular formula is C25H28N4O. The second-order valence-corrected chi connectivity index (χ2v) is 8.26. The summed E-state index contributed by atoms with van der Waals surface area (Å²) in [5.74, 6) is 1.66. The van der Waals surface area contributed by atoms with Crippen LogP contribution in [0.4, 0.5) is 0 Å². The summed E-state index contributed by atoms with van der Waals surface area (Å²) >= 11 is 0. The summed E-state index contributed by atoms with van der Waals surface area (Å²) in [5, 5.41) is 2.40. The summed E-state index contributed by atoms with van der Waals surface area (Å²) in [6.45, 7) is 5.04. The number of hydrogen-bond acceptors (Lipinski definition) is 4. The SMILES string of the molecule is Cc1oc(-c2cccc3ccccc23)nc1CN1CCCCC1CCn1ccnc1. The fraction of sp³-hybridized carbons (Fsp3) is 0.360. The Hall–Kier alpha value is -2.92. The minimum Gasteiger partial charge on any atom is -0.441 e. The Morgan fingerprint density at radius 3 is 2.90 bits per heavy atom. The fourth-order valence-electron chi connectivity index (χ4n) is 4.61. The van der Waals surface area contributed by atoms with Crippen LogP contribution < -0.4 is 0 Å². The third-order valence-corrected chi connectivity index (χ3v) is 6.29. The van der Waals surface area contributed by atoms with E-state index >= 15 is 0 Å². The molecule has 0 N–H and O–H groups in total. The van der Waals surface area contributed by atoms with Crippen LogP contribution in [0.3, 0.4) is 0 Å². The van der Waals surface area contributed by atoms with Crippen molar-refractivity contribution in [2.75, 3.05) is 6.54 Å². The van der Waals surface area contributed by atoms with Gasteiger partial charge in [0.15, 0.2) is 0 Å². The van der Waals surface area contributed by atoms with Crippen molar-refractivity contribution in [3.63, 3.8) is 0 Å². The van der Waals surface area contributed by atoms with Gasteiger partial charge in [0.1, 0.15) is 5.76 Å². The summed E-state index contributed by atoms with van der Waals surface area (Å²) < 4.78 is 8.33. The predicted octanol–water partition coefficient (Wildman–Crippen LogP) is 5.44. The van der Waals surface area contributed by atoms with Crippen LogP contribution in [-0.2, 0) is 13.1 Å². The van der Waals surface area contributed by atoms with Crippen LogP contribution in [-0.4, -0.2) is 32.0 Å². The van der Waals surface area contributed by atoms with E-state index in [0.29, 0.717) is 6.04 Å². The number of benzene rings is 2. The van der Waals surface area contributed by atoms with Crippen molar-refractivity contribution in [3.8, 4) is 11.5 Å². The van der Waals surface area contributed by atoms with Crippen molar-refractivity contribution in [1.82, 2.24) is 19.4 Å². The van der Waals surface area contributed by atoms with Gasteiger partial charge in [-0.05, 0) is 49.6 Å². The van der Waals surface area contributed by atoms with Crippen molar-refractivity contribution in [1.29, 1.82) is 0 Å². The zero-order chi connectivity index (χ0) is 20.3. The largest absolute Gasteiger partial charge is 0.441 e. The molecule has 0 bridgehead atoms. The van der Waals surface area contributed by atoms with Gasteiger partial charge >= 0.3 is 0 Å². The summed E-state index contributed by atoms with van der Waals surface area (Å²) in [4.78, 5) is 11.7. The minimum absolute atomic E-state index is 0.582. The molecular weight excluding hydrogens is 372 g/mol. The molecule has 4 aromatic rings. The average molecular weight is 401 g/mol. The van der Waals surface area contributed by atoms with Gasteiger partial charge in [-0.3, -0.25) is 4.90 Å². The first-order chi connectivity index (χ1) is 14.8. The predicted molar refractivity (Wildman–Crippen MR) is 119 cm³/mol. The highest BCUT2D eigenvalue weighted by Gasteiger charge is 2.24. The third-order valence-electron chi connectivity index (χ3n) is 6.29. The average Bonchev–Trinajstić information content (AvgIpc) is 3.43. The number of imidazole rings is 1. The Morgan fingerprint density at radius 1 is 1.10 bits per heavy atom. The Balaban J connectivity index is 1.36. The number of likely N-dealkylation sites (tertiary alicyclic amines) is 1. The number of rotatable bonds is 6. The molecule has 1 atom stereocenters. The lowest BCUT2D eigenvalue weighted by Gasteiger charge is -2.35. The van der Waals surface area contributed by atoms with Gasteiger partial charge in [-0.1, -0.05) is 42.8 Å². The van der Waals surface area contributed by atoms with Gasteiger partial charge < -0.3 is 8.98 Å². The van der Waals surface area contributed by atoms with E-state index in [9.17, 15) is 0 Å². The molecule has 5 nitrogen and oxygen atoms in total. The van der Waals surface area contributed by atoms with Gasteiger partial charge in [0, 0.05) is 37.1 Å². The monoisotopic (exact) mass is 400 g/mol. The van der Waals surface area contributed by atoms with E-state index < -0.39 is 0 Å². The summed E-state index contributed by atoms with van der Waals surface area (Å²) in [5.41, 5.74) is 2.13. The lowest BCUT2D eigenvalue weighted by molar-refractivity contribution is 0.126. The van der Waals surface area contributed by atoms with Crippen LogP contribution in [0, 0.1) is 6.92 Å². The molecule has 30 heavy (non-hydrogen) atoms. The normalized spacial score (nSPS) is 17.6. The molecule has 0 spiro atoms. The first-order valence-corrected chi connectivity index (χ1v) is 10.9. The van der Waals surface area contributed by atoms with Crippen molar-refractivity contribution in [2.45, 2.75) is 51.7 Å². The number of aromatic nitrogens is 3. The molecule has 1 unspecified atom stereocenters. The molecule has 1 aliphatic heterocycles. The summed E-state index contributed by atoms with van der Waals surface area (Å²) in [6, 6.07) is 15.3. The Bertz CT molecular complexity index is 1110. The van der Waals surface area contributed by atoms with Gasteiger partial charge in [0.05, 0.1) is 12.0 Å². The van der Waals surface area contributed by atoms with Gasteiger partial charge in [-0.25, -0.2) is 9.97 Å². The molecule has 2 aromatic carbocycles. The topological polar surface area (TPSA) is 47.1 Å². The van der Waals surface area contributed by atoms with E-state index in [-0.39, 0.29) is 0 Å². The quantitative estimate of drug-likeness (QED) is 0.432. The molecule has 0 radical (unpaired) electrons. The molecule has 1 fully saturated rings. The van der Waals surface area contributed by atoms with Crippen LogP contribution >= 0.6 is 0 Å². The molecule has 0 amide bonds. The van der Waals surface area contributed by atoms with Crippen molar-refractivity contribution in [2.24, 2.45) is 0 Å². The molecule has 1 aliphatic rings. The summed E-state index contributed by atoms with van der Waals surface area (Å²) in [6.07, 6.45) is 10.8. The maximum atomic E-state index is 6.15. The van der Waals surface area contributed by atoms with Gasteiger partial charge in [0.2, 0.25) is 5.89 Å². The molecule has 154 valence electrons. The van der Waals surface area contributed by atoms with E-state index in [1.54, 1.807) is 0 Å². The van der Waals surface area contributed by atoms with Crippen LogP contribution in [0.15, 0.2) is 65.6 Å². The second-order valence-electron chi connectivity index (χ2n) is 8.26. The van der Waals surface area contributed by atoms with E-state index in [1.165, 1.54) is 30.0 Å². The van der Waals surface area contributed by atoms with Crippen LogP contribution in [0.25, 0.3) is 22.2 Å². The Kier molecular flexibility index (Phi) is 5.37. The van der Waals surface area contributed by atoms with Crippen LogP contribution in [0.5, 0.6) is 0 Å². The molecule has 0 saturated carbocycles. The number of oxazole rings is 1. The smallest absolute Gasteiger partial charge is 0.227 e. The number of fused-ring (bicyclic) bond motifs is 1. The molecule has 5 heteroatoms. The highest BCUT2D eigenvalue weighted by atomic mass is 16.4. The van der Waals surface area contributed by atoms with Gasteiger partial charge in [-0.2, -0.15) is 0 Å². The van der Waals surface area contributed by atoms with Crippen LogP contribution in [0.1, 0.15) is 37.1 Å². The second kappa shape index (κ2) is 8.44. The minimum atomic E-state index is 0.582. The number of piperidine rings is 1. The lowest BCUT2D eigenvalue weighted by atomic mass is 9.99. The van der Waals surface area contributed by atoms with Crippen LogP contribution in [0.2, 0.25) is 0 Å². The van der Waals surface area contributed by atoms with Crippen molar-refractivity contribution in [3.05, 3.63) is 72.6 Å². The zero-order valence-corrected chi connectivity index (χ0v) is 17.5. The highest BCUT2D eigenvalue weighted by molar-refractivity contribution is 5.94. The molecule has 5 rings (SSSR count). The van der Waals surface area contributed by atoms with Gasteiger partial charge in [-0.15, -0.1) is 0 Å². The first-order valence-electron chi connectivity index (χ1n) is 10.9. The van der Waals surface area contributed by atoms with E-state index in [2.05, 4.69) is 56.9 Å². The fourth-order valence-corrected chi connectivity index (χ4v) is 4.61. The molecule has 3 heterocycles. The van der Waals surface area contributed by atoms with Gasteiger partial charge in [0.25, 0.3) is 0 Å². The maximum Gasteiger partial charge on any atom is 0.227 e. The number of hydrogen-bond donors (Lipinski definition) is 0. The molecule has 1 saturated heterocycles. The summed E-state index contributed by atoms with van der Waals surface area (Å²) in [7, 11) is 0. The van der Waals surface area contributed by atoms with E-state index in [0.717, 1.165) is 49.0 Å². The third kappa shape index (κ3) is 3.90. The van der Waals surface area contributed by atoms with E-state index in [1.807, 2.05) is 25.6 Å². The molecule has 0 aliphatic carbocycles. The first kappa shape index (κ1) is 19.1. The Labute approximate surface area is 177 Å². The van der Waals surface area contributed by atoms with Crippen molar-refractivity contribution >= 4 is 10.8 Å². The van der Waals surface area contributed by atoms with Crippen molar-refractivity contribution < 1.29 is 4.42 Å². The Morgan fingerprint density at radius 2 is 2.00 bits per heavy atom. The highest BCUT2D eigenvalue weighted by Crippen LogP contribution is 2.30. The number of nitrogens with zero attached hydrogens (tertiary/aromatic N) is 4. The maximum absolute atomic E-state index is 6.15. The molecule has 2 aromatic heterocycles. The zero-order valence-electron chi connectivity index (χ0n) is 17.5.